The van der Waals surface area contributed by atoms with Gasteiger partial charge in [-0.1, -0.05) is 0 Å². The van der Waals surface area contributed by atoms with Gasteiger partial charge in [0.05, 0.1) is 0 Å². The van der Waals surface area contributed by atoms with Crippen LogP contribution in [0.4, 0.5) is 4.79 Å². The minimum absolute atomic E-state index is 0.0187. The normalized spacial score (nSPS) is 22.6. The summed E-state index contributed by atoms with van der Waals surface area (Å²) in [6, 6.07) is -0.100. The molecule has 0 aromatic carbocycles. The zero-order valence-electron chi connectivity index (χ0n) is 8.64. The maximum absolute atomic E-state index is 11.6. The van der Waals surface area contributed by atoms with E-state index >= 15 is 0 Å². The Labute approximate surface area is 105 Å². The quantitative estimate of drug-likeness (QED) is 0.771. The highest BCUT2D eigenvalue weighted by Gasteiger charge is 2.31. The van der Waals surface area contributed by atoms with E-state index in [-0.39, 0.29) is 28.5 Å². The van der Waals surface area contributed by atoms with E-state index in [0.717, 1.165) is 0 Å². The fraction of sp³-hybridized carbons (Fsp3) is 0.444. The second-order valence-electron chi connectivity index (χ2n) is 3.77. The fourth-order valence-corrected chi connectivity index (χ4v) is 1.93. The van der Waals surface area contributed by atoms with Crippen LogP contribution in [-0.2, 0) is 0 Å². The van der Waals surface area contributed by atoms with Crippen molar-refractivity contribution in [1.29, 1.82) is 0 Å². The summed E-state index contributed by atoms with van der Waals surface area (Å²) >= 11 is 3.00. The van der Waals surface area contributed by atoms with E-state index in [9.17, 15) is 9.59 Å². The van der Waals surface area contributed by atoms with Crippen molar-refractivity contribution in [3.63, 3.8) is 0 Å². The average Bonchev–Trinajstić information content (AvgIpc) is 2.60. The molecule has 2 amide bonds. The molecule has 1 heterocycles. The Morgan fingerprint density at radius 2 is 2.06 bits per heavy atom. The fourth-order valence-electron chi connectivity index (χ4n) is 1.64. The van der Waals surface area contributed by atoms with E-state index in [1.807, 2.05) is 0 Å². The molecule has 0 spiro atoms. The third kappa shape index (κ3) is 2.96. The molecule has 2 rings (SSSR count). The third-order valence-corrected chi connectivity index (χ3v) is 2.87. The molecule has 0 saturated heterocycles. The molecular weight excluding hydrogens is 294 g/mol. The van der Waals surface area contributed by atoms with E-state index in [4.69, 9.17) is 9.52 Å². The lowest BCUT2D eigenvalue weighted by Gasteiger charge is -2.35. The Bertz CT molecular complexity index is 441. The first kappa shape index (κ1) is 11.9. The van der Waals surface area contributed by atoms with Crippen LogP contribution in [0.1, 0.15) is 23.3 Å². The molecule has 1 aliphatic carbocycles. The Kier molecular flexibility index (Phi) is 3.32. The van der Waals surface area contributed by atoms with Crippen LogP contribution in [0.25, 0.3) is 0 Å². The molecule has 1 aromatic rings. The van der Waals surface area contributed by atoms with Gasteiger partial charge in [0.15, 0.2) is 5.69 Å². The highest BCUT2D eigenvalue weighted by molar-refractivity contribution is 9.10. The van der Waals surface area contributed by atoms with E-state index in [0.29, 0.717) is 12.8 Å². The zero-order valence-corrected chi connectivity index (χ0v) is 10.2. The van der Waals surface area contributed by atoms with Gasteiger partial charge >= 0.3 is 6.09 Å². The number of nitrogens with one attached hydrogen (secondary N) is 2. The van der Waals surface area contributed by atoms with Crippen molar-refractivity contribution in [3.05, 3.63) is 16.8 Å². The van der Waals surface area contributed by atoms with Crippen LogP contribution in [0.3, 0.4) is 0 Å². The molecule has 17 heavy (non-hydrogen) atoms. The van der Waals surface area contributed by atoms with Crippen LogP contribution in [0.2, 0.25) is 0 Å². The van der Waals surface area contributed by atoms with Gasteiger partial charge in [-0.15, -0.1) is 0 Å². The lowest BCUT2D eigenvalue weighted by Crippen LogP contribution is -2.53. The second-order valence-corrected chi connectivity index (χ2v) is 4.45. The van der Waals surface area contributed by atoms with Crippen LogP contribution in [-0.4, -0.2) is 34.2 Å². The number of rotatable bonds is 3. The molecule has 1 saturated carbocycles. The van der Waals surface area contributed by atoms with Gasteiger partial charge in [0.25, 0.3) is 10.7 Å². The summed E-state index contributed by atoms with van der Waals surface area (Å²) < 4.78 is 4.85. The number of carboxylic acid groups (broad SMARTS) is 1. The smallest absolute Gasteiger partial charge is 0.404 e. The van der Waals surface area contributed by atoms with Gasteiger partial charge < -0.3 is 20.2 Å². The van der Waals surface area contributed by atoms with Crippen molar-refractivity contribution >= 4 is 27.9 Å². The first-order valence-electron chi connectivity index (χ1n) is 4.96. The number of carbonyl (C=O) groups is 2. The van der Waals surface area contributed by atoms with Crippen LogP contribution in [0.5, 0.6) is 0 Å². The Hall–Kier alpha value is -1.57. The van der Waals surface area contributed by atoms with Crippen molar-refractivity contribution in [3.8, 4) is 0 Å². The monoisotopic (exact) mass is 303 g/mol. The summed E-state index contributed by atoms with van der Waals surface area (Å²) in [4.78, 5) is 26.0. The summed E-state index contributed by atoms with van der Waals surface area (Å²) in [5, 5.41) is 13.6. The molecule has 92 valence electrons. The van der Waals surface area contributed by atoms with E-state index < -0.39 is 6.09 Å². The molecule has 0 aliphatic heterocycles. The van der Waals surface area contributed by atoms with Gasteiger partial charge in [-0.25, -0.2) is 4.79 Å². The van der Waals surface area contributed by atoms with Gasteiger partial charge in [-0.2, -0.15) is 4.98 Å². The maximum Gasteiger partial charge on any atom is 0.404 e. The van der Waals surface area contributed by atoms with Crippen molar-refractivity contribution < 1.29 is 19.1 Å². The molecule has 8 heteroatoms. The topological polar surface area (TPSA) is 104 Å². The molecule has 3 N–H and O–H groups in total. The summed E-state index contributed by atoms with van der Waals surface area (Å²) in [5.74, 6) is -0.321. The minimum atomic E-state index is -1.04. The van der Waals surface area contributed by atoms with Gasteiger partial charge in [-0.05, 0) is 12.8 Å². The zero-order chi connectivity index (χ0) is 12.4. The molecule has 0 atom stereocenters. The Morgan fingerprint density at radius 1 is 1.41 bits per heavy atom. The van der Waals surface area contributed by atoms with Crippen LogP contribution >= 0.6 is 15.9 Å². The third-order valence-electron chi connectivity index (χ3n) is 2.51. The molecule has 0 radical (unpaired) electrons. The lowest BCUT2D eigenvalue weighted by molar-refractivity contribution is 0.0897. The van der Waals surface area contributed by atoms with E-state index in [1.165, 1.54) is 6.26 Å². The van der Waals surface area contributed by atoms with Crippen molar-refractivity contribution in [1.82, 2.24) is 15.6 Å². The molecule has 0 unspecified atom stereocenters. The van der Waals surface area contributed by atoms with E-state index in [1.54, 1.807) is 0 Å². The number of aromatic nitrogens is 1. The Balaban J connectivity index is 1.77. The first-order valence-corrected chi connectivity index (χ1v) is 5.75. The van der Waals surface area contributed by atoms with Gasteiger partial charge in [0, 0.05) is 28.0 Å². The van der Waals surface area contributed by atoms with Gasteiger partial charge in [0.1, 0.15) is 6.26 Å². The molecule has 1 aliphatic rings. The predicted octanol–water partition coefficient (Wildman–Crippen LogP) is 0.965. The van der Waals surface area contributed by atoms with Crippen molar-refractivity contribution in [2.24, 2.45) is 0 Å². The van der Waals surface area contributed by atoms with Gasteiger partial charge in [-0.3, -0.25) is 4.79 Å². The van der Waals surface area contributed by atoms with E-state index in [2.05, 4.69) is 31.5 Å². The number of nitrogens with zero attached hydrogens (tertiary/aromatic N) is 1. The van der Waals surface area contributed by atoms with Crippen LogP contribution in [0.15, 0.2) is 15.5 Å². The minimum Gasteiger partial charge on any atom is -0.465 e. The second kappa shape index (κ2) is 4.74. The summed E-state index contributed by atoms with van der Waals surface area (Å²) in [5.41, 5.74) is 0.200. The number of hydrogen-bond acceptors (Lipinski definition) is 4. The molecule has 1 aromatic heterocycles. The SMILES string of the molecule is O=C(O)N[C@H]1C[C@@H](NC(=O)c2coc(Br)n2)C1. The lowest BCUT2D eigenvalue weighted by atomic mass is 9.87. The largest absolute Gasteiger partial charge is 0.465 e. The summed E-state index contributed by atoms with van der Waals surface area (Å²) in [6.45, 7) is 0. The standard InChI is InChI=1S/C9H10BrN3O4/c10-8-13-6(3-17-8)7(14)11-4-1-5(2-4)12-9(15)16/h3-5,12H,1-2H2,(H,11,14)(H,15,16)/t4-,5+. The molecule has 7 nitrogen and oxygen atoms in total. The van der Waals surface area contributed by atoms with Crippen molar-refractivity contribution in [2.45, 2.75) is 24.9 Å². The molecule has 0 bridgehead atoms. The highest BCUT2D eigenvalue weighted by atomic mass is 79.9. The predicted molar refractivity (Wildman–Crippen MR) is 59.6 cm³/mol. The van der Waals surface area contributed by atoms with Gasteiger partial charge in [0.2, 0.25) is 0 Å². The molecule has 1 fully saturated rings. The Morgan fingerprint density at radius 3 is 2.59 bits per heavy atom. The van der Waals surface area contributed by atoms with Crippen LogP contribution < -0.4 is 10.6 Å². The number of oxazole rings is 1. The maximum atomic E-state index is 11.6. The molecular formula is C9H10BrN3O4. The van der Waals surface area contributed by atoms with Crippen LogP contribution in [0, 0.1) is 0 Å². The number of hydrogen-bond donors (Lipinski definition) is 3. The number of halogens is 1. The number of amides is 2. The summed E-state index contributed by atoms with van der Waals surface area (Å²) in [7, 11) is 0. The average molecular weight is 304 g/mol. The highest BCUT2D eigenvalue weighted by Crippen LogP contribution is 2.20. The first-order chi connectivity index (χ1) is 8.04. The van der Waals surface area contributed by atoms with Crippen molar-refractivity contribution in [2.75, 3.05) is 0 Å². The summed E-state index contributed by atoms with van der Waals surface area (Å²) in [6.07, 6.45) is 1.40. The number of carbonyl (C=O) groups excluding carboxylic acids is 1.